The molecule has 0 amide bonds. The predicted molar refractivity (Wildman–Crippen MR) is 58.7 cm³/mol. The van der Waals surface area contributed by atoms with Crippen molar-refractivity contribution in [1.29, 1.82) is 0 Å². The second-order valence-corrected chi connectivity index (χ2v) is 4.26. The van der Waals surface area contributed by atoms with Gasteiger partial charge in [0.15, 0.2) is 5.11 Å². The van der Waals surface area contributed by atoms with Gasteiger partial charge in [0.1, 0.15) is 5.82 Å². The van der Waals surface area contributed by atoms with Gasteiger partial charge in [-0.3, -0.25) is 0 Å². The highest BCUT2D eigenvalue weighted by atomic mass is 32.2. The number of nitrogens with two attached hydrogens (primary N) is 1. The lowest BCUT2D eigenvalue weighted by Gasteiger charge is -2.08. The summed E-state index contributed by atoms with van der Waals surface area (Å²) < 4.78 is 49.1. The Bertz CT molecular complexity index is 406. The second kappa shape index (κ2) is 4.88. The Labute approximate surface area is 98.2 Å². The van der Waals surface area contributed by atoms with Crippen LogP contribution in [-0.4, -0.2) is 10.6 Å². The summed E-state index contributed by atoms with van der Waals surface area (Å²) in [5.74, 6) is -0.845. The van der Waals surface area contributed by atoms with E-state index in [0.717, 1.165) is 18.2 Å². The zero-order valence-electron chi connectivity index (χ0n) is 7.64. The van der Waals surface area contributed by atoms with Gasteiger partial charge in [-0.25, -0.2) is 4.39 Å². The van der Waals surface area contributed by atoms with E-state index in [0.29, 0.717) is 0 Å². The molecule has 16 heavy (non-hydrogen) atoms. The molecule has 0 aliphatic rings. The first-order valence-electron chi connectivity index (χ1n) is 3.90. The molecule has 0 aromatic heterocycles. The maximum atomic E-state index is 13.2. The van der Waals surface area contributed by atoms with Gasteiger partial charge in [0.25, 0.3) is 0 Å². The van der Waals surface area contributed by atoms with Gasteiger partial charge in [0.2, 0.25) is 0 Å². The SMILES string of the molecule is NC(=S)Nc1ccc(SC(F)(F)F)cc1F. The summed E-state index contributed by atoms with van der Waals surface area (Å²) in [4.78, 5) is -0.238. The molecule has 0 atom stereocenters. The van der Waals surface area contributed by atoms with E-state index < -0.39 is 11.3 Å². The summed E-state index contributed by atoms with van der Waals surface area (Å²) in [6.45, 7) is 0. The Morgan fingerprint density at radius 2 is 2.00 bits per heavy atom. The Balaban J connectivity index is 2.87. The topological polar surface area (TPSA) is 38.0 Å². The minimum Gasteiger partial charge on any atom is -0.376 e. The van der Waals surface area contributed by atoms with Crippen molar-refractivity contribution in [2.24, 2.45) is 5.73 Å². The van der Waals surface area contributed by atoms with E-state index in [9.17, 15) is 17.6 Å². The first kappa shape index (κ1) is 13.0. The third kappa shape index (κ3) is 4.23. The van der Waals surface area contributed by atoms with Crippen LogP contribution in [0.4, 0.5) is 23.2 Å². The van der Waals surface area contributed by atoms with Crippen molar-refractivity contribution in [2.45, 2.75) is 10.4 Å². The minimum absolute atomic E-state index is 0.0565. The van der Waals surface area contributed by atoms with Crippen molar-refractivity contribution in [2.75, 3.05) is 5.32 Å². The second-order valence-electron chi connectivity index (χ2n) is 2.68. The molecular weight excluding hydrogens is 264 g/mol. The summed E-state index contributed by atoms with van der Waals surface area (Å²) in [5, 5.41) is 2.15. The number of halogens is 4. The van der Waals surface area contributed by atoms with E-state index in [-0.39, 0.29) is 27.5 Å². The molecule has 0 saturated carbocycles. The standard InChI is InChI=1S/C8H6F4N2S2/c9-5-3-4(16-8(10,11)12)1-2-6(5)14-7(13)15/h1-3H,(H3,13,14,15). The van der Waals surface area contributed by atoms with Gasteiger partial charge < -0.3 is 11.1 Å². The van der Waals surface area contributed by atoms with Crippen LogP contribution in [0.5, 0.6) is 0 Å². The number of benzene rings is 1. The number of rotatable bonds is 2. The molecule has 0 fully saturated rings. The molecule has 88 valence electrons. The van der Waals surface area contributed by atoms with Crippen LogP contribution in [-0.2, 0) is 0 Å². The van der Waals surface area contributed by atoms with Crippen LogP contribution in [0.1, 0.15) is 0 Å². The maximum Gasteiger partial charge on any atom is 0.446 e. The van der Waals surface area contributed by atoms with Crippen LogP contribution in [0.25, 0.3) is 0 Å². The van der Waals surface area contributed by atoms with Crippen molar-refractivity contribution in [3.8, 4) is 0 Å². The highest BCUT2D eigenvalue weighted by molar-refractivity contribution is 8.00. The Kier molecular flexibility index (Phi) is 3.98. The zero-order chi connectivity index (χ0) is 12.3. The molecule has 2 nitrogen and oxygen atoms in total. The van der Waals surface area contributed by atoms with Gasteiger partial charge in [0.05, 0.1) is 5.69 Å². The van der Waals surface area contributed by atoms with Crippen LogP contribution < -0.4 is 11.1 Å². The molecule has 8 heteroatoms. The molecule has 0 bridgehead atoms. The molecule has 0 aliphatic heterocycles. The van der Waals surface area contributed by atoms with Gasteiger partial charge >= 0.3 is 5.51 Å². The number of hydrogen-bond acceptors (Lipinski definition) is 2. The normalized spacial score (nSPS) is 11.2. The van der Waals surface area contributed by atoms with Crippen molar-refractivity contribution in [1.82, 2.24) is 0 Å². The van der Waals surface area contributed by atoms with Gasteiger partial charge in [-0.2, -0.15) is 13.2 Å². The first-order valence-corrected chi connectivity index (χ1v) is 5.12. The summed E-state index contributed by atoms with van der Waals surface area (Å²) >= 11 is 4.08. The fourth-order valence-electron chi connectivity index (χ4n) is 0.927. The lowest BCUT2D eigenvalue weighted by Crippen LogP contribution is -2.19. The van der Waals surface area contributed by atoms with Gasteiger partial charge in [-0.05, 0) is 42.2 Å². The molecule has 0 unspecified atom stereocenters. The molecule has 0 saturated heterocycles. The van der Waals surface area contributed by atoms with E-state index >= 15 is 0 Å². The zero-order valence-corrected chi connectivity index (χ0v) is 9.27. The van der Waals surface area contributed by atoms with E-state index in [1.165, 1.54) is 0 Å². The quantitative estimate of drug-likeness (QED) is 0.492. The summed E-state index contributed by atoms with van der Waals surface area (Å²) in [6.07, 6.45) is 0. The average Bonchev–Trinajstić information content (AvgIpc) is 2.06. The van der Waals surface area contributed by atoms with Crippen LogP contribution in [0.2, 0.25) is 0 Å². The Morgan fingerprint density at radius 1 is 1.38 bits per heavy atom. The number of thioether (sulfide) groups is 1. The van der Waals surface area contributed by atoms with E-state index in [1.807, 2.05) is 0 Å². The maximum absolute atomic E-state index is 13.2. The number of hydrogen-bond donors (Lipinski definition) is 2. The molecule has 1 aromatic carbocycles. The molecule has 1 rings (SSSR count). The molecule has 0 spiro atoms. The smallest absolute Gasteiger partial charge is 0.376 e. The lowest BCUT2D eigenvalue weighted by atomic mass is 10.3. The van der Waals surface area contributed by atoms with E-state index in [2.05, 4.69) is 17.5 Å². The fourth-order valence-corrected chi connectivity index (χ4v) is 1.60. The van der Waals surface area contributed by atoms with Crippen molar-refractivity contribution in [3.05, 3.63) is 24.0 Å². The highest BCUT2D eigenvalue weighted by Crippen LogP contribution is 2.37. The van der Waals surface area contributed by atoms with Crippen LogP contribution in [0.15, 0.2) is 23.1 Å². The monoisotopic (exact) mass is 270 g/mol. The summed E-state index contributed by atoms with van der Waals surface area (Å²) in [7, 11) is 0. The Hall–Kier alpha value is -1.02. The predicted octanol–water partition coefficient (Wildman–Crippen LogP) is 3.09. The molecule has 0 radical (unpaired) electrons. The largest absolute Gasteiger partial charge is 0.446 e. The van der Waals surface area contributed by atoms with E-state index in [4.69, 9.17) is 5.73 Å². The van der Waals surface area contributed by atoms with Gasteiger partial charge in [-0.15, -0.1) is 0 Å². The van der Waals surface area contributed by atoms with Crippen LogP contribution >= 0.6 is 24.0 Å². The van der Waals surface area contributed by atoms with Crippen LogP contribution in [0.3, 0.4) is 0 Å². The Morgan fingerprint density at radius 3 is 2.44 bits per heavy atom. The van der Waals surface area contributed by atoms with Crippen molar-refractivity contribution >= 4 is 34.8 Å². The molecule has 3 N–H and O–H groups in total. The van der Waals surface area contributed by atoms with Crippen molar-refractivity contribution in [3.63, 3.8) is 0 Å². The minimum atomic E-state index is -4.44. The lowest BCUT2D eigenvalue weighted by molar-refractivity contribution is -0.0328. The summed E-state index contributed by atoms with van der Waals surface area (Å²) in [5.41, 5.74) is 0.605. The number of nitrogens with one attached hydrogen (secondary N) is 1. The molecule has 0 heterocycles. The average molecular weight is 270 g/mol. The number of anilines is 1. The van der Waals surface area contributed by atoms with Crippen molar-refractivity contribution < 1.29 is 17.6 Å². The van der Waals surface area contributed by atoms with E-state index in [1.54, 1.807) is 0 Å². The summed E-state index contributed by atoms with van der Waals surface area (Å²) in [6, 6.07) is 3.03. The van der Waals surface area contributed by atoms with Gasteiger partial charge in [-0.1, -0.05) is 0 Å². The highest BCUT2D eigenvalue weighted by Gasteiger charge is 2.29. The third-order valence-corrected chi connectivity index (χ3v) is 2.26. The molecule has 1 aromatic rings. The van der Waals surface area contributed by atoms with Gasteiger partial charge in [0, 0.05) is 4.90 Å². The number of thiocarbonyl (C=S) groups is 1. The first-order chi connectivity index (χ1) is 7.28. The molecule has 0 aliphatic carbocycles. The van der Waals surface area contributed by atoms with Crippen LogP contribution in [0, 0.1) is 5.82 Å². The third-order valence-electron chi connectivity index (χ3n) is 1.43. The molecular formula is C8H6F4N2S2. The fraction of sp³-hybridized carbons (Fsp3) is 0.125. The number of alkyl halides is 3.